The van der Waals surface area contributed by atoms with Crippen LogP contribution in [0.4, 0.5) is 24.7 Å². The van der Waals surface area contributed by atoms with Crippen molar-refractivity contribution in [3.05, 3.63) is 53.3 Å². The number of ether oxygens (including phenoxy) is 1. The van der Waals surface area contributed by atoms with Gasteiger partial charge < -0.3 is 10.1 Å². The molecular formula is C18H11F3N4O3. The predicted molar refractivity (Wildman–Crippen MR) is 92.6 cm³/mol. The first kappa shape index (κ1) is 17.7. The van der Waals surface area contributed by atoms with Crippen molar-refractivity contribution in [3.63, 3.8) is 0 Å². The minimum absolute atomic E-state index is 0.0401. The number of nitrogens with one attached hydrogen (secondary N) is 2. The first-order valence-corrected chi connectivity index (χ1v) is 7.96. The zero-order valence-corrected chi connectivity index (χ0v) is 14.2. The third-order valence-corrected chi connectivity index (χ3v) is 4.16. The van der Waals surface area contributed by atoms with Crippen molar-refractivity contribution in [3.8, 4) is 5.75 Å². The monoisotopic (exact) mass is 388 g/mol. The van der Waals surface area contributed by atoms with Crippen LogP contribution in [0.5, 0.6) is 5.75 Å². The van der Waals surface area contributed by atoms with E-state index in [9.17, 15) is 22.8 Å². The lowest BCUT2D eigenvalue weighted by molar-refractivity contribution is -0.144. The third-order valence-electron chi connectivity index (χ3n) is 4.16. The molecule has 1 aromatic heterocycles. The van der Waals surface area contributed by atoms with Gasteiger partial charge in [-0.15, -0.1) is 0 Å². The normalized spacial score (nSPS) is 13.4. The minimum atomic E-state index is -4.75. The van der Waals surface area contributed by atoms with Crippen LogP contribution < -0.4 is 15.4 Å². The van der Waals surface area contributed by atoms with Gasteiger partial charge in [0.1, 0.15) is 11.6 Å². The zero-order chi connectivity index (χ0) is 20.1. The number of hydrogen-bond donors (Lipinski definition) is 2. The fourth-order valence-corrected chi connectivity index (χ4v) is 2.84. The van der Waals surface area contributed by atoms with Gasteiger partial charge in [-0.25, -0.2) is 9.97 Å². The lowest BCUT2D eigenvalue weighted by atomic mass is 10.1. The standard InChI is InChI=1S/C18H11F3N4O3/c1-28-9-3-5-11-13(7-9)23-17(18(19,20)21)24-14(11)22-8-2-4-10-12(6-8)16(27)25-15(10)26/h2-7H,1H3,(H,22,23,24)(H,25,26,27). The Morgan fingerprint density at radius 3 is 2.46 bits per heavy atom. The Labute approximate surface area is 155 Å². The molecule has 28 heavy (non-hydrogen) atoms. The lowest BCUT2D eigenvalue weighted by Gasteiger charge is -2.13. The molecular weight excluding hydrogens is 377 g/mol. The predicted octanol–water partition coefficient (Wildman–Crippen LogP) is 3.28. The quantitative estimate of drug-likeness (QED) is 0.669. The van der Waals surface area contributed by atoms with Gasteiger partial charge in [-0.1, -0.05) is 0 Å². The van der Waals surface area contributed by atoms with Crippen LogP contribution >= 0.6 is 0 Å². The van der Waals surface area contributed by atoms with Crippen molar-refractivity contribution in [2.75, 3.05) is 12.4 Å². The highest BCUT2D eigenvalue weighted by atomic mass is 19.4. The van der Waals surface area contributed by atoms with Crippen LogP contribution in [0.15, 0.2) is 36.4 Å². The molecule has 0 saturated carbocycles. The van der Waals surface area contributed by atoms with E-state index in [1.54, 1.807) is 6.07 Å². The summed E-state index contributed by atoms with van der Waals surface area (Å²) in [4.78, 5) is 30.6. The molecule has 2 amide bonds. The van der Waals surface area contributed by atoms with Crippen molar-refractivity contribution in [2.45, 2.75) is 6.18 Å². The Morgan fingerprint density at radius 2 is 1.75 bits per heavy atom. The molecule has 2 N–H and O–H groups in total. The van der Waals surface area contributed by atoms with Crippen molar-refractivity contribution < 1.29 is 27.5 Å². The van der Waals surface area contributed by atoms with E-state index < -0.39 is 23.8 Å². The molecule has 0 bridgehead atoms. The molecule has 10 heteroatoms. The van der Waals surface area contributed by atoms with E-state index in [1.807, 2.05) is 0 Å². The second-order valence-electron chi connectivity index (χ2n) is 5.95. The second-order valence-corrected chi connectivity index (χ2v) is 5.95. The SMILES string of the molecule is COc1ccc2c(Nc3ccc4c(c3)C(=O)NC4=O)nc(C(F)(F)F)nc2c1. The number of aromatic nitrogens is 2. The Hall–Kier alpha value is -3.69. The number of halogens is 3. The topological polar surface area (TPSA) is 93.2 Å². The molecule has 0 fully saturated rings. The average molecular weight is 388 g/mol. The summed E-state index contributed by atoms with van der Waals surface area (Å²) >= 11 is 0. The highest BCUT2D eigenvalue weighted by molar-refractivity contribution is 6.21. The Balaban J connectivity index is 1.83. The van der Waals surface area contributed by atoms with Crippen molar-refractivity contribution in [1.82, 2.24) is 15.3 Å². The average Bonchev–Trinajstić information content (AvgIpc) is 2.94. The number of amides is 2. The van der Waals surface area contributed by atoms with Gasteiger partial charge in [-0.05, 0) is 30.3 Å². The van der Waals surface area contributed by atoms with Gasteiger partial charge in [0.2, 0.25) is 5.82 Å². The molecule has 0 aliphatic carbocycles. The number of nitrogens with zero attached hydrogens (tertiary/aromatic N) is 2. The van der Waals surface area contributed by atoms with E-state index in [0.717, 1.165) is 0 Å². The smallest absolute Gasteiger partial charge is 0.451 e. The Bertz CT molecular complexity index is 1140. The molecule has 0 atom stereocenters. The van der Waals surface area contributed by atoms with Gasteiger partial charge >= 0.3 is 6.18 Å². The Morgan fingerprint density at radius 1 is 1.00 bits per heavy atom. The van der Waals surface area contributed by atoms with Gasteiger partial charge in [0, 0.05) is 17.1 Å². The summed E-state index contributed by atoms with van der Waals surface area (Å²) in [5.41, 5.74) is 0.667. The summed E-state index contributed by atoms with van der Waals surface area (Å²) in [6, 6.07) is 8.72. The number of benzene rings is 2. The van der Waals surface area contributed by atoms with Gasteiger partial charge in [0.25, 0.3) is 11.8 Å². The largest absolute Gasteiger partial charge is 0.497 e. The van der Waals surface area contributed by atoms with E-state index in [2.05, 4.69) is 20.6 Å². The van der Waals surface area contributed by atoms with Crippen LogP contribution in [0.3, 0.4) is 0 Å². The molecule has 1 aliphatic heterocycles. The summed E-state index contributed by atoms with van der Waals surface area (Å²) in [6.45, 7) is 0. The van der Waals surface area contributed by atoms with Gasteiger partial charge in [-0.3, -0.25) is 14.9 Å². The van der Waals surface area contributed by atoms with Crippen LogP contribution in [-0.2, 0) is 6.18 Å². The van der Waals surface area contributed by atoms with E-state index in [0.29, 0.717) is 16.8 Å². The summed E-state index contributed by atoms with van der Waals surface area (Å²) in [6.07, 6.45) is -4.75. The lowest BCUT2D eigenvalue weighted by Crippen LogP contribution is -2.19. The van der Waals surface area contributed by atoms with Crippen LogP contribution in [0.1, 0.15) is 26.5 Å². The molecule has 1 aliphatic rings. The summed E-state index contributed by atoms with van der Waals surface area (Å²) in [5.74, 6) is -2.16. The molecule has 2 heterocycles. The first-order chi connectivity index (χ1) is 13.3. The molecule has 2 aromatic carbocycles. The molecule has 0 saturated heterocycles. The number of methoxy groups -OCH3 is 1. The van der Waals surface area contributed by atoms with Gasteiger partial charge in [0.15, 0.2) is 0 Å². The minimum Gasteiger partial charge on any atom is -0.497 e. The second kappa shape index (κ2) is 6.19. The third kappa shape index (κ3) is 2.98. The number of alkyl halides is 3. The maximum Gasteiger partial charge on any atom is 0.451 e. The fourth-order valence-electron chi connectivity index (χ4n) is 2.84. The molecule has 3 aromatic rings. The molecule has 7 nitrogen and oxygen atoms in total. The van der Waals surface area contributed by atoms with Crippen LogP contribution in [0.2, 0.25) is 0 Å². The number of anilines is 2. The number of fused-ring (bicyclic) bond motifs is 2. The maximum absolute atomic E-state index is 13.2. The highest BCUT2D eigenvalue weighted by Gasteiger charge is 2.35. The van der Waals surface area contributed by atoms with Crippen LogP contribution in [0.25, 0.3) is 10.9 Å². The van der Waals surface area contributed by atoms with Gasteiger partial charge in [0.05, 0.1) is 23.8 Å². The summed E-state index contributed by atoms with van der Waals surface area (Å²) < 4.78 is 44.7. The first-order valence-electron chi connectivity index (χ1n) is 7.96. The molecule has 4 rings (SSSR count). The van der Waals surface area contributed by atoms with Crippen LogP contribution in [-0.4, -0.2) is 28.9 Å². The zero-order valence-electron chi connectivity index (χ0n) is 14.2. The Kier molecular flexibility index (Phi) is 3.91. The van der Waals surface area contributed by atoms with E-state index >= 15 is 0 Å². The van der Waals surface area contributed by atoms with E-state index in [4.69, 9.17) is 4.74 Å². The van der Waals surface area contributed by atoms with Crippen molar-refractivity contribution >= 4 is 34.2 Å². The highest BCUT2D eigenvalue weighted by Crippen LogP contribution is 2.33. The molecule has 0 spiro atoms. The summed E-state index contributed by atoms with van der Waals surface area (Å²) in [7, 11) is 1.39. The molecule has 0 radical (unpaired) electrons. The summed E-state index contributed by atoms with van der Waals surface area (Å²) in [5, 5.41) is 5.26. The van der Waals surface area contributed by atoms with E-state index in [1.165, 1.54) is 37.4 Å². The van der Waals surface area contributed by atoms with E-state index in [-0.39, 0.29) is 22.5 Å². The maximum atomic E-state index is 13.2. The molecule has 0 unspecified atom stereocenters. The van der Waals surface area contributed by atoms with Gasteiger partial charge in [-0.2, -0.15) is 13.2 Å². The number of imide groups is 1. The number of rotatable bonds is 3. The number of hydrogen-bond acceptors (Lipinski definition) is 6. The fraction of sp³-hybridized carbons (Fsp3) is 0.111. The van der Waals surface area contributed by atoms with Crippen molar-refractivity contribution in [2.24, 2.45) is 0 Å². The van der Waals surface area contributed by atoms with Crippen molar-refractivity contribution in [1.29, 1.82) is 0 Å². The molecule has 142 valence electrons. The number of carbonyl (C=O) groups is 2. The van der Waals surface area contributed by atoms with Crippen LogP contribution in [0, 0.1) is 0 Å². The number of carbonyl (C=O) groups excluding carboxylic acids is 2.